The standard InChI is InChI=1S/C25H27N3OS/c1-27(25(29)13-12-24-26-22-10-4-5-11-23(22)30-24)20-9-6-14-28(17-20)21-15-18-7-2-3-8-19(18)16-21/h2-5,7-8,10-13,20-21H,6,9,14-17H2,1H3. The number of carbonyl (C=O) groups excluding carboxylic acids is 1. The molecule has 1 aliphatic carbocycles. The zero-order valence-electron chi connectivity index (χ0n) is 17.3. The Bertz CT molecular complexity index is 1030. The van der Waals surface area contributed by atoms with Crippen LogP contribution in [0.3, 0.4) is 0 Å². The number of hydrogen-bond acceptors (Lipinski definition) is 4. The van der Waals surface area contributed by atoms with Crippen LogP contribution in [0.5, 0.6) is 0 Å². The van der Waals surface area contributed by atoms with Crippen molar-refractivity contribution in [3.8, 4) is 0 Å². The van der Waals surface area contributed by atoms with E-state index in [2.05, 4.69) is 40.2 Å². The largest absolute Gasteiger partial charge is 0.338 e. The topological polar surface area (TPSA) is 36.4 Å². The molecule has 30 heavy (non-hydrogen) atoms. The number of para-hydroxylation sites is 1. The van der Waals surface area contributed by atoms with Gasteiger partial charge in [0.05, 0.1) is 10.2 Å². The Morgan fingerprint density at radius 2 is 1.87 bits per heavy atom. The molecule has 0 bridgehead atoms. The summed E-state index contributed by atoms with van der Waals surface area (Å²) in [6.07, 6.45) is 8.04. The Morgan fingerprint density at radius 3 is 2.63 bits per heavy atom. The van der Waals surface area contributed by atoms with Gasteiger partial charge >= 0.3 is 0 Å². The summed E-state index contributed by atoms with van der Waals surface area (Å²) in [6.45, 7) is 2.11. The molecular formula is C25H27N3OS. The van der Waals surface area contributed by atoms with E-state index in [9.17, 15) is 4.79 Å². The minimum absolute atomic E-state index is 0.0656. The Labute approximate surface area is 181 Å². The number of likely N-dealkylation sites (tertiary alicyclic amines) is 1. The molecule has 0 radical (unpaired) electrons. The average Bonchev–Trinajstić information content (AvgIpc) is 3.40. The normalized spacial score (nSPS) is 20.1. The number of rotatable bonds is 4. The molecule has 4 nitrogen and oxygen atoms in total. The summed E-state index contributed by atoms with van der Waals surface area (Å²) >= 11 is 1.62. The second-order valence-corrected chi connectivity index (χ2v) is 9.49. The van der Waals surface area contributed by atoms with Crippen LogP contribution in [-0.2, 0) is 17.6 Å². The summed E-state index contributed by atoms with van der Waals surface area (Å²) in [4.78, 5) is 22.0. The first kappa shape index (κ1) is 19.5. The predicted molar refractivity (Wildman–Crippen MR) is 124 cm³/mol. The van der Waals surface area contributed by atoms with E-state index in [1.54, 1.807) is 17.4 Å². The maximum atomic E-state index is 12.8. The van der Waals surface area contributed by atoms with Gasteiger partial charge in [0.2, 0.25) is 5.91 Å². The summed E-state index contributed by atoms with van der Waals surface area (Å²) in [6, 6.07) is 17.7. The fraction of sp³-hybridized carbons (Fsp3) is 0.360. The zero-order valence-corrected chi connectivity index (χ0v) is 18.1. The molecule has 3 aromatic rings. The highest BCUT2D eigenvalue weighted by atomic mass is 32.1. The lowest BCUT2D eigenvalue weighted by molar-refractivity contribution is -0.127. The molecule has 1 atom stereocenters. The van der Waals surface area contributed by atoms with Gasteiger partial charge in [-0.1, -0.05) is 36.4 Å². The molecule has 1 amide bonds. The summed E-state index contributed by atoms with van der Waals surface area (Å²) in [5.74, 6) is 0.0656. The van der Waals surface area contributed by atoms with Gasteiger partial charge in [0.15, 0.2) is 0 Å². The smallest absolute Gasteiger partial charge is 0.246 e. The molecule has 0 saturated carbocycles. The molecule has 2 aliphatic rings. The van der Waals surface area contributed by atoms with Crippen LogP contribution in [0, 0.1) is 0 Å². The van der Waals surface area contributed by atoms with Gasteiger partial charge in [-0.05, 0) is 61.6 Å². The number of benzene rings is 2. The van der Waals surface area contributed by atoms with E-state index in [1.165, 1.54) is 11.1 Å². The van der Waals surface area contributed by atoms with Crippen LogP contribution in [0.2, 0.25) is 0 Å². The molecule has 0 N–H and O–H groups in total. The van der Waals surface area contributed by atoms with Crippen LogP contribution in [0.25, 0.3) is 16.3 Å². The van der Waals surface area contributed by atoms with Crippen molar-refractivity contribution in [1.82, 2.24) is 14.8 Å². The lowest BCUT2D eigenvalue weighted by Gasteiger charge is -2.40. The molecule has 1 fully saturated rings. The maximum Gasteiger partial charge on any atom is 0.246 e. The quantitative estimate of drug-likeness (QED) is 0.591. The van der Waals surface area contributed by atoms with E-state index in [0.717, 1.165) is 54.0 Å². The van der Waals surface area contributed by atoms with Crippen LogP contribution in [0.4, 0.5) is 0 Å². The highest BCUT2D eigenvalue weighted by molar-refractivity contribution is 7.19. The Balaban J connectivity index is 1.22. The summed E-state index contributed by atoms with van der Waals surface area (Å²) in [5, 5.41) is 0.881. The molecule has 1 saturated heterocycles. The van der Waals surface area contributed by atoms with E-state index in [0.29, 0.717) is 6.04 Å². The van der Waals surface area contributed by atoms with Crippen molar-refractivity contribution in [2.45, 2.75) is 37.8 Å². The number of hydrogen-bond donors (Lipinski definition) is 0. The van der Waals surface area contributed by atoms with Crippen LogP contribution in [0.1, 0.15) is 29.0 Å². The van der Waals surface area contributed by atoms with Gasteiger partial charge in [-0.25, -0.2) is 4.98 Å². The Hall–Kier alpha value is -2.50. The number of fused-ring (bicyclic) bond motifs is 2. The molecule has 2 aromatic carbocycles. The van der Waals surface area contributed by atoms with E-state index in [-0.39, 0.29) is 11.9 Å². The molecule has 5 rings (SSSR count). The van der Waals surface area contributed by atoms with E-state index >= 15 is 0 Å². The molecule has 5 heteroatoms. The van der Waals surface area contributed by atoms with E-state index < -0.39 is 0 Å². The second-order valence-electron chi connectivity index (χ2n) is 8.42. The molecule has 1 unspecified atom stereocenters. The summed E-state index contributed by atoms with van der Waals surface area (Å²) in [7, 11) is 1.95. The Morgan fingerprint density at radius 1 is 1.13 bits per heavy atom. The van der Waals surface area contributed by atoms with Gasteiger partial charge in [-0.15, -0.1) is 11.3 Å². The van der Waals surface area contributed by atoms with Crippen molar-refractivity contribution in [3.05, 3.63) is 70.7 Å². The maximum absolute atomic E-state index is 12.8. The highest BCUT2D eigenvalue weighted by Crippen LogP contribution is 2.28. The lowest BCUT2D eigenvalue weighted by atomic mass is 10.0. The number of piperidine rings is 1. The van der Waals surface area contributed by atoms with Crippen molar-refractivity contribution in [2.75, 3.05) is 20.1 Å². The molecule has 2 heterocycles. The molecule has 1 aliphatic heterocycles. The van der Waals surface area contributed by atoms with Crippen LogP contribution in [-0.4, -0.2) is 52.9 Å². The number of amides is 1. The van der Waals surface area contributed by atoms with Crippen molar-refractivity contribution in [1.29, 1.82) is 0 Å². The minimum Gasteiger partial charge on any atom is -0.338 e. The van der Waals surface area contributed by atoms with Gasteiger partial charge in [-0.2, -0.15) is 0 Å². The zero-order chi connectivity index (χ0) is 20.5. The number of carbonyl (C=O) groups is 1. The third-order valence-electron chi connectivity index (χ3n) is 6.55. The van der Waals surface area contributed by atoms with Crippen LogP contribution < -0.4 is 0 Å². The molecule has 1 aromatic heterocycles. The minimum atomic E-state index is 0.0656. The van der Waals surface area contributed by atoms with Gasteiger partial charge < -0.3 is 4.90 Å². The fourth-order valence-electron chi connectivity index (χ4n) is 4.83. The van der Waals surface area contributed by atoms with Crippen LogP contribution in [0.15, 0.2) is 54.6 Å². The molecular weight excluding hydrogens is 390 g/mol. The van der Waals surface area contributed by atoms with Gasteiger partial charge in [0.25, 0.3) is 0 Å². The number of aromatic nitrogens is 1. The van der Waals surface area contributed by atoms with Crippen molar-refractivity contribution < 1.29 is 4.79 Å². The van der Waals surface area contributed by atoms with E-state index in [1.807, 2.05) is 36.2 Å². The number of nitrogens with zero attached hydrogens (tertiary/aromatic N) is 3. The van der Waals surface area contributed by atoms with Gasteiger partial charge in [0.1, 0.15) is 5.01 Å². The first-order chi connectivity index (χ1) is 14.7. The molecule has 0 spiro atoms. The Kier molecular flexibility index (Phi) is 5.40. The van der Waals surface area contributed by atoms with Crippen LogP contribution >= 0.6 is 11.3 Å². The average molecular weight is 418 g/mol. The van der Waals surface area contributed by atoms with Crippen molar-refractivity contribution in [3.63, 3.8) is 0 Å². The first-order valence-corrected chi connectivity index (χ1v) is 11.6. The third-order valence-corrected chi connectivity index (χ3v) is 7.55. The summed E-state index contributed by atoms with van der Waals surface area (Å²) in [5.41, 5.74) is 3.98. The second kappa shape index (κ2) is 8.32. The monoisotopic (exact) mass is 417 g/mol. The van der Waals surface area contributed by atoms with Crippen molar-refractivity contribution in [2.24, 2.45) is 0 Å². The van der Waals surface area contributed by atoms with Gasteiger partial charge in [0, 0.05) is 31.8 Å². The fourth-order valence-corrected chi connectivity index (χ4v) is 5.70. The summed E-state index contributed by atoms with van der Waals surface area (Å²) < 4.78 is 1.15. The predicted octanol–water partition coefficient (Wildman–Crippen LogP) is 4.40. The van der Waals surface area contributed by atoms with Gasteiger partial charge in [-0.3, -0.25) is 9.69 Å². The molecule has 154 valence electrons. The van der Waals surface area contributed by atoms with E-state index in [4.69, 9.17) is 0 Å². The number of likely N-dealkylation sites (N-methyl/N-ethyl adjacent to an activating group) is 1. The number of thiazole rings is 1. The lowest BCUT2D eigenvalue weighted by Crippen LogP contribution is -2.51. The third kappa shape index (κ3) is 3.92. The SMILES string of the molecule is CN(C(=O)C=Cc1nc2ccccc2s1)C1CCCN(C2Cc3ccccc3C2)C1. The highest BCUT2D eigenvalue weighted by Gasteiger charge is 2.32. The first-order valence-electron chi connectivity index (χ1n) is 10.8. The van der Waals surface area contributed by atoms with Crippen molar-refractivity contribution >= 4 is 33.5 Å².